The van der Waals surface area contributed by atoms with Crippen molar-refractivity contribution < 1.29 is 13.2 Å². The highest BCUT2D eigenvalue weighted by molar-refractivity contribution is 8.00. The fourth-order valence-corrected chi connectivity index (χ4v) is 3.52. The van der Waals surface area contributed by atoms with Gasteiger partial charge in [0.25, 0.3) is 5.56 Å². The third kappa shape index (κ3) is 4.46. The highest BCUT2D eigenvalue weighted by atomic mass is 32.2. The van der Waals surface area contributed by atoms with E-state index in [1.165, 1.54) is 22.8 Å². The molecule has 31 heavy (non-hydrogen) atoms. The number of rotatable bonds is 4. The van der Waals surface area contributed by atoms with Gasteiger partial charge < -0.3 is 4.72 Å². The largest absolute Gasteiger partial charge is 0.419 e. The molecule has 0 unspecified atom stereocenters. The van der Waals surface area contributed by atoms with Gasteiger partial charge in [-0.2, -0.15) is 18.3 Å². The number of halogens is 3. The molecule has 3 aromatic heterocycles. The summed E-state index contributed by atoms with van der Waals surface area (Å²) in [5.41, 5.74) is 0.618. The van der Waals surface area contributed by atoms with Crippen LogP contribution in [-0.2, 0) is 20.3 Å². The van der Waals surface area contributed by atoms with Gasteiger partial charge in [-0.25, -0.2) is 9.67 Å². The molecule has 11 heteroatoms. The van der Waals surface area contributed by atoms with Crippen LogP contribution in [0.4, 0.5) is 18.9 Å². The molecule has 0 bridgehead atoms. The Kier molecular flexibility index (Phi) is 6.44. The van der Waals surface area contributed by atoms with E-state index in [0.717, 1.165) is 33.2 Å². The molecule has 0 aliphatic rings. The molecule has 7 nitrogen and oxygen atoms in total. The molecule has 0 spiro atoms. The van der Waals surface area contributed by atoms with E-state index >= 15 is 0 Å². The van der Waals surface area contributed by atoms with Crippen LogP contribution in [-0.4, -0.2) is 24.1 Å². The van der Waals surface area contributed by atoms with E-state index in [1.807, 2.05) is 19.9 Å². The van der Waals surface area contributed by atoms with E-state index < -0.39 is 11.7 Å². The zero-order chi connectivity index (χ0) is 22.8. The van der Waals surface area contributed by atoms with Gasteiger partial charge in [-0.1, -0.05) is 19.9 Å². The summed E-state index contributed by atoms with van der Waals surface area (Å²) in [5.74, 6) is 0.275. The SMILES string of the molecule is CC.Cn1c(=O)c2cccc(NSc3ccc(-n4cc(C(F)(F)F)cn4)nc3)c2n1C. The molecule has 0 aliphatic heterocycles. The van der Waals surface area contributed by atoms with E-state index in [1.54, 1.807) is 43.0 Å². The molecule has 3 heterocycles. The Hall–Kier alpha value is -3.21. The molecule has 0 saturated heterocycles. The number of anilines is 1. The van der Waals surface area contributed by atoms with Crippen molar-refractivity contribution in [3.8, 4) is 5.82 Å². The quantitative estimate of drug-likeness (QED) is 0.460. The maximum absolute atomic E-state index is 12.7. The van der Waals surface area contributed by atoms with Gasteiger partial charge in [0, 0.05) is 31.4 Å². The van der Waals surface area contributed by atoms with Crippen LogP contribution in [0.2, 0.25) is 0 Å². The van der Waals surface area contributed by atoms with Crippen LogP contribution in [0.25, 0.3) is 16.7 Å². The lowest BCUT2D eigenvalue weighted by Crippen LogP contribution is -2.16. The Morgan fingerprint density at radius 2 is 1.77 bits per heavy atom. The molecule has 0 atom stereocenters. The van der Waals surface area contributed by atoms with E-state index in [0.29, 0.717) is 5.39 Å². The monoisotopic (exact) mass is 450 g/mol. The Bertz CT molecular complexity index is 1240. The van der Waals surface area contributed by atoms with Crippen molar-refractivity contribution in [2.45, 2.75) is 24.9 Å². The summed E-state index contributed by atoms with van der Waals surface area (Å²) in [6, 6.07) is 8.72. The number of aryl methyl sites for hydroxylation is 1. The fourth-order valence-electron chi connectivity index (χ4n) is 2.88. The van der Waals surface area contributed by atoms with Gasteiger partial charge in [-0.3, -0.25) is 14.2 Å². The number of hydrogen-bond donors (Lipinski definition) is 1. The van der Waals surface area contributed by atoms with Crippen LogP contribution in [0.3, 0.4) is 0 Å². The lowest BCUT2D eigenvalue weighted by atomic mass is 10.2. The summed E-state index contributed by atoms with van der Waals surface area (Å²) in [4.78, 5) is 17.1. The zero-order valence-corrected chi connectivity index (χ0v) is 18.1. The van der Waals surface area contributed by atoms with Gasteiger partial charge in [0.15, 0.2) is 5.82 Å². The van der Waals surface area contributed by atoms with E-state index in [4.69, 9.17) is 0 Å². The van der Waals surface area contributed by atoms with Gasteiger partial charge in [-0.05, 0) is 36.2 Å². The lowest BCUT2D eigenvalue weighted by molar-refractivity contribution is -0.137. The van der Waals surface area contributed by atoms with Gasteiger partial charge in [-0.15, -0.1) is 0 Å². The minimum absolute atomic E-state index is 0.0837. The first-order valence-corrected chi connectivity index (χ1v) is 10.2. The summed E-state index contributed by atoms with van der Waals surface area (Å²) in [6.45, 7) is 4.00. The van der Waals surface area contributed by atoms with Gasteiger partial charge >= 0.3 is 6.18 Å². The Balaban J connectivity index is 0.00000132. The van der Waals surface area contributed by atoms with E-state index in [9.17, 15) is 18.0 Å². The van der Waals surface area contributed by atoms with E-state index in [2.05, 4.69) is 14.8 Å². The first kappa shape index (κ1) is 22.5. The molecule has 4 rings (SSSR count). The highest BCUT2D eigenvalue weighted by Crippen LogP contribution is 2.29. The van der Waals surface area contributed by atoms with E-state index in [-0.39, 0.29) is 11.4 Å². The van der Waals surface area contributed by atoms with Gasteiger partial charge in [0.2, 0.25) is 0 Å². The topological polar surface area (TPSA) is 69.7 Å². The highest BCUT2D eigenvalue weighted by Gasteiger charge is 2.32. The third-order valence-electron chi connectivity index (χ3n) is 4.48. The number of nitrogens with zero attached hydrogens (tertiary/aromatic N) is 5. The predicted octanol–water partition coefficient (Wildman–Crippen LogP) is 4.62. The van der Waals surface area contributed by atoms with Crippen LogP contribution in [0, 0.1) is 0 Å². The first-order chi connectivity index (χ1) is 14.8. The van der Waals surface area contributed by atoms with Crippen LogP contribution in [0.15, 0.2) is 58.6 Å². The summed E-state index contributed by atoms with van der Waals surface area (Å²) < 4.78 is 45.7. The smallest absolute Gasteiger partial charge is 0.324 e. The average Bonchev–Trinajstić information content (AvgIpc) is 3.35. The van der Waals surface area contributed by atoms with Crippen LogP contribution in [0.1, 0.15) is 19.4 Å². The minimum Gasteiger partial charge on any atom is -0.324 e. The van der Waals surface area contributed by atoms with Crippen molar-refractivity contribution in [3.05, 3.63) is 64.8 Å². The number of para-hydroxylation sites is 1. The summed E-state index contributed by atoms with van der Waals surface area (Å²) in [6.07, 6.45) is -1.26. The molecule has 0 amide bonds. The van der Waals surface area contributed by atoms with Crippen LogP contribution >= 0.6 is 11.9 Å². The number of aromatic nitrogens is 5. The van der Waals surface area contributed by atoms with Crippen LogP contribution < -0.4 is 10.3 Å². The Morgan fingerprint density at radius 3 is 2.39 bits per heavy atom. The molecule has 164 valence electrons. The van der Waals surface area contributed by atoms with Crippen molar-refractivity contribution in [3.63, 3.8) is 0 Å². The summed E-state index contributed by atoms with van der Waals surface area (Å²) >= 11 is 1.28. The molecular weight excluding hydrogens is 429 g/mol. The van der Waals surface area contributed by atoms with Crippen molar-refractivity contribution in [2.75, 3.05) is 4.72 Å². The zero-order valence-electron chi connectivity index (χ0n) is 17.3. The molecule has 4 aromatic rings. The Morgan fingerprint density at radius 1 is 1.03 bits per heavy atom. The first-order valence-electron chi connectivity index (χ1n) is 9.41. The van der Waals surface area contributed by atoms with Gasteiger partial charge in [0.1, 0.15) is 0 Å². The standard InChI is InChI=1S/C18H15F3N6OS.C2H6/c1-25-16-13(17(28)26(25)2)4-3-5-14(16)24-29-12-6-7-15(22-9-12)27-10-11(8-23-27)18(19,20)21;1-2/h3-10,24H,1-2H3;1-2H3. The second kappa shape index (κ2) is 8.88. The number of alkyl halides is 3. The molecule has 1 aromatic carbocycles. The number of benzene rings is 1. The fraction of sp³-hybridized carbons (Fsp3) is 0.250. The minimum atomic E-state index is -4.45. The molecule has 0 saturated carbocycles. The number of hydrogen-bond acceptors (Lipinski definition) is 5. The molecule has 0 radical (unpaired) electrons. The summed E-state index contributed by atoms with van der Waals surface area (Å²) in [7, 11) is 3.50. The maximum atomic E-state index is 12.7. The third-order valence-corrected chi connectivity index (χ3v) is 5.28. The number of nitrogens with one attached hydrogen (secondary N) is 1. The molecule has 0 fully saturated rings. The number of fused-ring (bicyclic) bond motifs is 1. The second-order valence-electron chi connectivity index (χ2n) is 6.28. The normalized spacial score (nSPS) is 11.3. The average molecular weight is 450 g/mol. The lowest BCUT2D eigenvalue weighted by Gasteiger charge is -2.09. The van der Waals surface area contributed by atoms with Crippen molar-refractivity contribution >= 4 is 28.5 Å². The molecule has 1 N–H and O–H groups in total. The van der Waals surface area contributed by atoms with Crippen molar-refractivity contribution in [1.29, 1.82) is 0 Å². The molecule has 0 aliphatic carbocycles. The van der Waals surface area contributed by atoms with Crippen LogP contribution in [0.5, 0.6) is 0 Å². The second-order valence-corrected chi connectivity index (χ2v) is 7.16. The predicted molar refractivity (Wildman–Crippen MR) is 115 cm³/mol. The van der Waals surface area contributed by atoms with Crippen molar-refractivity contribution in [2.24, 2.45) is 14.1 Å². The number of pyridine rings is 1. The Labute approximate surface area is 180 Å². The summed E-state index contributed by atoms with van der Waals surface area (Å²) in [5, 5.41) is 4.31. The van der Waals surface area contributed by atoms with Crippen molar-refractivity contribution in [1.82, 2.24) is 24.1 Å². The molecular formula is C20H21F3N6OS. The maximum Gasteiger partial charge on any atom is 0.419 e. The van der Waals surface area contributed by atoms with Gasteiger partial charge in [0.05, 0.1) is 28.4 Å².